The third kappa shape index (κ3) is 0.797. The Kier molecular flexibility index (Phi) is 1.34. The molecule has 10 heavy (non-hydrogen) atoms. The van der Waals surface area contributed by atoms with Gasteiger partial charge in [-0.2, -0.15) is 0 Å². The fraction of sp³-hybridized carbons (Fsp3) is 0.250. The van der Waals surface area contributed by atoms with Gasteiger partial charge in [0.05, 0.1) is 16.0 Å². The lowest BCUT2D eigenvalue weighted by atomic mass is 10.0. The monoisotopic (exact) mass is 152 g/mol. The first-order valence-electron chi connectivity index (χ1n) is 3.30. The Hall–Kier alpha value is -0.630. The first kappa shape index (κ1) is 6.10. The first-order chi connectivity index (χ1) is 4.88. The standard InChI is InChI=1S/C8H8OS/c9-10-6-5-7-3-1-2-4-8(7)10/h1-8H/t7-,8-,10?/m1/s1. The highest BCUT2D eigenvalue weighted by Crippen LogP contribution is 2.25. The lowest BCUT2D eigenvalue weighted by Gasteiger charge is -2.12. The van der Waals surface area contributed by atoms with Crippen LogP contribution in [0, 0.1) is 5.92 Å². The van der Waals surface area contributed by atoms with Crippen molar-refractivity contribution in [2.45, 2.75) is 5.25 Å². The lowest BCUT2D eigenvalue weighted by Crippen LogP contribution is -2.15. The van der Waals surface area contributed by atoms with Crippen LogP contribution in [0.2, 0.25) is 0 Å². The summed E-state index contributed by atoms with van der Waals surface area (Å²) in [6, 6.07) is 0. The molecular formula is C8H8OS. The van der Waals surface area contributed by atoms with Crippen LogP contribution in [0.25, 0.3) is 0 Å². The van der Waals surface area contributed by atoms with E-state index in [0.29, 0.717) is 5.92 Å². The average molecular weight is 152 g/mol. The Labute approximate surface area is 62.6 Å². The van der Waals surface area contributed by atoms with Gasteiger partial charge in [0, 0.05) is 5.92 Å². The van der Waals surface area contributed by atoms with Gasteiger partial charge in [-0.3, -0.25) is 4.21 Å². The zero-order valence-electron chi connectivity index (χ0n) is 5.44. The van der Waals surface area contributed by atoms with E-state index >= 15 is 0 Å². The maximum Gasteiger partial charge on any atom is 0.0668 e. The predicted molar refractivity (Wildman–Crippen MR) is 42.8 cm³/mol. The van der Waals surface area contributed by atoms with Crippen molar-refractivity contribution in [3.63, 3.8) is 0 Å². The van der Waals surface area contributed by atoms with Crippen LogP contribution in [0.3, 0.4) is 0 Å². The molecule has 0 amide bonds. The van der Waals surface area contributed by atoms with Crippen LogP contribution in [0.15, 0.2) is 35.8 Å². The Morgan fingerprint density at radius 1 is 1.10 bits per heavy atom. The zero-order valence-corrected chi connectivity index (χ0v) is 6.25. The highest BCUT2D eigenvalue weighted by molar-refractivity contribution is 7.89. The van der Waals surface area contributed by atoms with E-state index in [1.165, 1.54) is 0 Å². The highest BCUT2D eigenvalue weighted by atomic mass is 32.2. The second kappa shape index (κ2) is 2.20. The molecule has 52 valence electrons. The minimum atomic E-state index is -0.758. The van der Waals surface area contributed by atoms with Crippen LogP contribution in [-0.4, -0.2) is 9.46 Å². The van der Waals surface area contributed by atoms with Gasteiger partial charge in [-0.25, -0.2) is 0 Å². The number of fused-ring (bicyclic) bond motifs is 1. The summed E-state index contributed by atoms with van der Waals surface area (Å²) in [6.07, 6.45) is 10.1. The quantitative estimate of drug-likeness (QED) is 0.512. The maximum atomic E-state index is 11.1. The Bertz CT molecular complexity index is 248. The van der Waals surface area contributed by atoms with E-state index < -0.39 is 10.8 Å². The van der Waals surface area contributed by atoms with Crippen molar-refractivity contribution >= 4 is 10.8 Å². The fourth-order valence-corrected chi connectivity index (χ4v) is 2.52. The molecule has 1 aliphatic heterocycles. The van der Waals surface area contributed by atoms with E-state index in [4.69, 9.17) is 0 Å². The molecule has 0 bridgehead atoms. The van der Waals surface area contributed by atoms with Gasteiger partial charge in [-0.05, 0) is 5.41 Å². The fourth-order valence-electron chi connectivity index (χ4n) is 1.27. The summed E-state index contributed by atoms with van der Waals surface area (Å²) >= 11 is 0. The minimum absolute atomic E-state index is 0.227. The van der Waals surface area contributed by atoms with E-state index in [1.54, 1.807) is 5.41 Å². The summed E-state index contributed by atoms with van der Waals surface area (Å²) < 4.78 is 11.1. The van der Waals surface area contributed by atoms with E-state index in [2.05, 4.69) is 6.08 Å². The molecule has 0 aromatic carbocycles. The minimum Gasteiger partial charge on any atom is -0.254 e. The van der Waals surface area contributed by atoms with Gasteiger partial charge < -0.3 is 0 Å². The average Bonchev–Trinajstić information content (AvgIpc) is 2.34. The van der Waals surface area contributed by atoms with Gasteiger partial charge in [0.15, 0.2) is 0 Å². The third-order valence-corrected chi connectivity index (χ3v) is 3.26. The molecule has 1 aliphatic carbocycles. The van der Waals surface area contributed by atoms with Crippen molar-refractivity contribution in [2.24, 2.45) is 5.92 Å². The number of rotatable bonds is 0. The molecule has 3 atom stereocenters. The van der Waals surface area contributed by atoms with E-state index in [9.17, 15) is 4.21 Å². The van der Waals surface area contributed by atoms with Crippen molar-refractivity contribution < 1.29 is 4.21 Å². The molecule has 2 aliphatic rings. The molecule has 0 spiro atoms. The largest absolute Gasteiger partial charge is 0.254 e. The van der Waals surface area contributed by atoms with Gasteiger partial charge in [0.25, 0.3) is 0 Å². The molecule has 0 saturated heterocycles. The van der Waals surface area contributed by atoms with Gasteiger partial charge in [0.2, 0.25) is 0 Å². The Balaban J connectivity index is 2.34. The van der Waals surface area contributed by atoms with Crippen molar-refractivity contribution in [2.75, 3.05) is 0 Å². The molecule has 1 heterocycles. The molecule has 2 rings (SSSR count). The highest BCUT2D eigenvalue weighted by Gasteiger charge is 2.25. The number of hydrogen-bond donors (Lipinski definition) is 0. The molecule has 0 aromatic rings. The molecule has 0 N–H and O–H groups in total. The van der Waals surface area contributed by atoms with Crippen molar-refractivity contribution in [1.29, 1.82) is 0 Å². The smallest absolute Gasteiger partial charge is 0.0668 e. The topological polar surface area (TPSA) is 17.1 Å². The van der Waals surface area contributed by atoms with Gasteiger partial charge in [-0.1, -0.05) is 30.4 Å². The predicted octanol–water partition coefficient (Wildman–Crippen LogP) is 1.37. The first-order valence-corrected chi connectivity index (χ1v) is 4.58. The molecule has 1 unspecified atom stereocenters. The molecule has 0 radical (unpaired) electrons. The molecule has 0 fully saturated rings. The number of allylic oxidation sites excluding steroid dienone is 4. The third-order valence-electron chi connectivity index (χ3n) is 1.83. The Morgan fingerprint density at radius 2 is 1.90 bits per heavy atom. The van der Waals surface area contributed by atoms with Gasteiger partial charge in [-0.15, -0.1) is 0 Å². The summed E-state index contributed by atoms with van der Waals surface area (Å²) in [7, 11) is -0.758. The second-order valence-corrected chi connectivity index (χ2v) is 3.94. The molecule has 0 saturated carbocycles. The summed E-state index contributed by atoms with van der Waals surface area (Å²) in [4.78, 5) is 0. The van der Waals surface area contributed by atoms with Crippen LogP contribution in [0.5, 0.6) is 0 Å². The van der Waals surface area contributed by atoms with Crippen molar-refractivity contribution in [3.8, 4) is 0 Å². The number of hydrogen-bond acceptors (Lipinski definition) is 1. The van der Waals surface area contributed by atoms with Crippen LogP contribution in [0.1, 0.15) is 0 Å². The van der Waals surface area contributed by atoms with E-state index in [-0.39, 0.29) is 5.25 Å². The zero-order chi connectivity index (χ0) is 6.97. The molecular weight excluding hydrogens is 144 g/mol. The maximum absolute atomic E-state index is 11.1. The van der Waals surface area contributed by atoms with Crippen LogP contribution < -0.4 is 0 Å². The van der Waals surface area contributed by atoms with E-state index in [1.807, 2.05) is 24.3 Å². The SMILES string of the molecule is O=S1C=C[C@H]2C=CC=C[C@H]21. The Morgan fingerprint density at radius 3 is 2.70 bits per heavy atom. The molecule has 1 nitrogen and oxygen atoms in total. The summed E-state index contributed by atoms with van der Waals surface area (Å²) in [5.74, 6) is 0.394. The van der Waals surface area contributed by atoms with Gasteiger partial charge in [0.1, 0.15) is 0 Å². The molecule has 0 aromatic heterocycles. The van der Waals surface area contributed by atoms with Crippen LogP contribution in [0.4, 0.5) is 0 Å². The van der Waals surface area contributed by atoms with E-state index in [0.717, 1.165) is 0 Å². The van der Waals surface area contributed by atoms with Gasteiger partial charge >= 0.3 is 0 Å². The summed E-state index contributed by atoms with van der Waals surface area (Å²) in [5.41, 5.74) is 0. The lowest BCUT2D eigenvalue weighted by molar-refractivity contribution is 0.679. The van der Waals surface area contributed by atoms with Crippen molar-refractivity contribution in [3.05, 3.63) is 35.8 Å². The normalized spacial score (nSPS) is 42.2. The van der Waals surface area contributed by atoms with Crippen molar-refractivity contribution in [1.82, 2.24) is 0 Å². The van der Waals surface area contributed by atoms with Crippen LogP contribution in [-0.2, 0) is 10.8 Å². The second-order valence-electron chi connectivity index (χ2n) is 2.47. The summed E-state index contributed by atoms with van der Waals surface area (Å²) in [6.45, 7) is 0. The molecule has 2 heteroatoms. The van der Waals surface area contributed by atoms with Crippen LogP contribution >= 0.6 is 0 Å². The summed E-state index contributed by atoms with van der Waals surface area (Å²) in [5, 5.41) is 2.01.